The molecule has 0 saturated carbocycles. The summed E-state index contributed by atoms with van der Waals surface area (Å²) < 4.78 is 12.1. The molecule has 1 N–H and O–H groups in total. The van der Waals surface area contributed by atoms with Gasteiger partial charge in [-0.1, -0.05) is 0 Å². The molecule has 6 heteroatoms. The van der Waals surface area contributed by atoms with Crippen LogP contribution in [0.3, 0.4) is 0 Å². The Labute approximate surface area is 122 Å². The van der Waals surface area contributed by atoms with Gasteiger partial charge in [-0.05, 0) is 31.5 Å². The molecule has 1 aromatic heterocycles. The Morgan fingerprint density at radius 2 is 2.24 bits per heavy atom. The Kier molecular flexibility index (Phi) is 3.79. The predicted octanol–water partition coefficient (Wildman–Crippen LogP) is 1.17. The van der Waals surface area contributed by atoms with E-state index in [0.29, 0.717) is 29.5 Å². The monoisotopic (exact) mass is 289 g/mol. The smallest absolute Gasteiger partial charge is 0.278 e. The van der Waals surface area contributed by atoms with Gasteiger partial charge in [0.15, 0.2) is 11.5 Å². The fraction of sp³-hybridized carbons (Fsp3) is 0.467. The second-order valence-electron chi connectivity index (χ2n) is 5.19. The standard InChI is InChI=1S/C15H19N3O3/c1-20-12-6-5-10-8-17-18(9-11-4-3-7-16-11)15(19)13(10)14(12)21-2/h5-6,8,11,16H,3-4,7,9H2,1-2H3/t11-/m0/s1. The zero-order valence-electron chi connectivity index (χ0n) is 12.3. The third-order valence-corrected chi connectivity index (χ3v) is 3.92. The minimum Gasteiger partial charge on any atom is -0.493 e. The summed E-state index contributed by atoms with van der Waals surface area (Å²) in [7, 11) is 3.10. The highest BCUT2D eigenvalue weighted by molar-refractivity contribution is 5.89. The fourth-order valence-corrected chi connectivity index (χ4v) is 2.84. The van der Waals surface area contributed by atoms with E-state index in [0.717, 1.165) is 24.8 Å². The molecule has 0 aliphatic carbocycles. The van der Waals surface area contributed by atoms with Crippen LogP contribution in [-0.2, 0) is 6.54 Å². The number of rotatable bonds is 4. The molecular weight excluding hydrogens is 270 g/mol. The number of aromatic nitrogens is 2. The first kappa shape index (κ1) is 13.9. The fourth-order valence-electron chi connectivity index (χ4n) is 2.84. The normalized spacial score (nSPS) is 18.1. The molecule has 1 aliphatic heterocycles. The molecule has 3 rings (SSSR count). The summed E-state index contributed by atoms with van der Waals surface area (Å²) >= 11 is 0. The number of hydrogen-bond donors (Lipinski definition) is 1. The molecule has 0 bridgehead atoms. The molecule has 0 amide bonds. The molecule has 21 heavy (non-hydrogen) atoms. The van der Waals surface area contributed by atoms with Gasteiger partial charge in [-0.15, -0.1) is 0 Å². The molecule has 1 saturated heterocycles. The number of hydrogen-bond acceptors (Lipinski definition) is 5. The van der Waals surface area contributed by atoms with E-state index in [-0.39, 0.29) is 5.56 Å². The maximum Gasteiger partial charge on any atom is 0.278 e. The minimum atomic E-state index is -0.142. The lowest BCUT2D eigenvalue weighted by molar-refractivity contribution is 0.358. The topological polar surface area (TPSA) is 65.4 Å². The van der Waals surface area contributed by atoms with Crippen molar-refractivity contribution in [3.8, 4) is 11.5 Å². The SMILES string of the molecule is COc1ccc2cnn(C[C@@H]3CCCN3)c(=O)c2c1OC. The Hall–Kier alpha value is -2.08. The predicted molar refractivity (Wildman–Crippen MR) is 80.1 cm³/mol. The molecule has 1 atom stereocenters. The van der Waals surface area contributed by atoms with E-state index >= 15 is 0 Å². The lowest BCUT2D eigenvalue weighted by Gasteiger charge is -2.14. The highest BCUT2D eigenvalue weighted by Crippen LogP contribution is 2.32. The van der Waals surface area contributed by atoms with E-state index in [1.54, 1.807) is 26.5 Å². The summed E-state index contributed by atoms with van der Waals surface area (Å²) in [6, 6.07) is 3.92. The zero-order valence-corrected chi connectivity index (χ0v) is 12.3. The van der Waals surface area contributed by atoms with E-state index < -0.39 is 0 Å². The van der Waals surface area contributed by atoms with Crippen LogP contribution < -0.4 is 20.3 Å². The van der Waals surface area contributed by atoms with Crippen molar-refractivity contribution in [2.75, 3.05) is 20.8 Å². The molecule has 1 aromatic carbocycles. The molecule has 1 fully saturated rings. The highest BCUT2D eigenvalue weighted by Gasteiger charge is 2.18. The average molecular weight is 289 g/mol. The molecule has 0 unspecified atom stereocenters. The number of nitrogens with zero attached hydrogens (tertiary/aromatic N) is 2. The van der Waals surface area contributed by atoms with Gasteiger partial charge in [0.1, 0.15) is 0 Å². The largest absolute Gasteiger partial charge is 0.493 e. The Balaban J connectivity index is 2.11. The first-order chi connectivity index (χ1) is 10.2. The van der Waals surface area contributed by atoms with Gasteiger partial charge in [0.2, 0.25) is 0 Å². The van der Waals surface area contributed by atoms with Gasteiger partial charge in [0.25, 0.3) is 5.56 Å². The van der Waals surface area contributed by atoms with Crippen LogP contribution in [0.2, 0.25) is 0 Å². The Morgan fingerprint density at radius 1 is 1.38 bits per heavy atom. The van der Waals surface area contributed by atoms with E-state index in [4.69, 9.17) is 9.47 Å². The van der Waals surface area contributed by atoms with Gasteiger partial charge in [-0.3, -0.25) is 4.79 Å². The molecule has 1 aliphatic rings. The van der Waals surface area contributed by atoms with Crippen LogP contribution in [0.1, 0.15) is 12.8 Å². The van der Waals surface area contributed by atoms with Crippen molar-refractivity contribution in [3.63, 3.8) is 0 Å². The summed E-state index contributed by atoms with van der Waals surface area (Å²) in [5.74, 6) is 1.02. The van der Waals surface area contributed by atoms with Crippen LogP contribution in [0.4, 0.5) is 0 Å². The van der Waals surface area contributed by atoms with Crippen LogP contribution in [0.15, 0.2) is 23.1 Å². The van der Waals surface area contributed by atoms with Gasteiger partial charge in [0.05, 0.1) is 32.3 Å². The summed E-state index contributed by atoms with van der Waals surface area (Å²) in [6.45, 7) is 1.58. The Bertz CT molecular complexity index is 705. The summed E-state index contributed by atoms with van der Waals surface area (Å²) in [5.41, 5.74) is -0.142. The second-order valence-corrected chi connectivity index (χ2v) is 5.19. The van der Waals surface area contributed by atoms with Gasteiger partial charge < -0.3 is 14.8 Å². The minimum absolute atomic E-state index is 0.142. The lowest BCUT2D eigenvalue weighted by atomic mass is 10.1. The van der Waals surface area contributed by atoms with E-state index in [1.807, 2.05) is 6.07 Å². The summed E-state index contributed by atoms with van der Waals surface area (Å²) in [6.07, 6.45) is 3.92. The number of fused-ring (bicyclic) bond motifs is 1. The Morgan fingerprint density at radius 3 is 2.90 bits per heavy atom. The van der Waals surface area contributed by atoms with Crippen LogP contribution in [0, 0.1) is 0 Å². The van der Waals surface area contributed by atoms with Gasteiger partial charge in [-0.25, -0.2) is 4.68 Å². The third-order valence-electron chi connectivity index (χ3n) is 3.92. The van der Waals surface area contributed by atoms with Crippen molar-refractivity contribution in [2.45, 2.75) is 25.4 Å². The van der Waals surface area contributed by atoms with E-state index in [2.05, 4.69) is 10.4 Å². The number of benzene rings is 1. The molecule has 6 nitrogen and oxygen atoms in total. The molecule has 2 aromatic rings. The summed E-state index contributed by atoms with van der Waals surface area (Å²) in [5, 5.41) is 8.92. The number of nitrogens with one attached hydrogen (secondary N) is 1. The maximum atomic E-state index is 12.7. The average Bonchev–Trinajstić information content (AvgIpc) is 3.02. The maximum absolute atomic E-state index is 12.7. The molecular formula is C15H19N3O3. The number of ether oxygens (including phenoxy) is 2. The van der Waals surface area contributed by atoms with E-state index in [9.17, 15) is 4.79 Å². The van der Waals surface area contributed by atoms with E-state index in [1.165, 1.54) is 4.68 Å². The van der Waals surface area contributed by atoms with Gasteiger partial charge in [0, 0.05) is 11.4 Å². The van der Waals surface area contributed by atoms with Crippen LogP contribution in [-0.4, -0.2) is 36.6 Å². The molecule has 0 radical (unpaired) electrons. The van der Waals surface area contributed by atoms with Crippen LogP contribution in [0.25, 0.3) is 10.8 Å². The molecule has 0 spiro atoms. The van der Waals surface area contributed by atoms with Crippen molar-refractivity contribution < 1.29 is 9.47 Å². The quantitative estimate of drug-likeness (QED) is 0.915. The van der Waals surface area contributed by atoms with Crippen molar-refractivity contribution in [1.82, 2.24) is 15.1 Å². The van der Waals surface area contributed by atoms with Crippen molar-refractivity contribution in [2.24, 2.45) is 0 Å². The molecule has 2 heterocycles. The van der Waals surface area contributed by atoms with Crippen LogP contribution in [0.5, 0.6) is 11.5 Å². The molecule has 112 valence electrons. The van der Waals surface area contributed by atoms with Gasteiger partial charge >= 0.3 is 0 Å². The lowest BCUT2D eigenvalue weighted by Crippen LogP contribution is -2.33. The first-order valence-electron chi connectivity index (χ1n) is 7.08. The van der Waals surface area contributed by atoms with Gasteiger partial charge in [-0.2, -0.15) is 5.10 Å². The van der Waals surface area contributed by atoms with Crippen LogP contribution >= 0.6 is 0 Å². The zero-order chi connectivity index (χ0) is 14.8. The second kappa shape index (κ2) is 5.73. The number of methoxy groups -OCH3 is 2. The van der Waals surface area contributed by atoms with Crippen molar-refractivity contribution in [3.05, 3.63) is 28.7 Å². The third kappa shape index (κ3) is 2.47. The summed E-state index contributed by atoms with van der Waals surface area (Å²) in [4.78, 5) is 12.7. The van der Waals surface area contributed by atoms with Crippen molar-refractivity contribution >= 4 is 10.8 Å². The van der Waals surface area contributed by atoms with Crippen molar-refractivity contribution in [1.29, 1.82) is 0 Å². The highest BCUT2D eigenvalue weighted by atomic mass is 16.5. The first-order valence-corrected chi connectivity index (χ1v) is 7.08.